The van der Waals surface area contributed by atoms with Gasteiger partial charge in [-0.15, -0.1) is 10.2 Å². The van der Waals surface area contributed by atoms with Gasteiger partial charge in [0.05, 0.1) is 18.6 Å². The Bertz CT molecular complexity index is 1580. The summed E-state index contributed by atoms with van der Waals surface area (Å²) in [6.45, 7) is 2.52. The molecular weight excluding hydrogens is 498 g/mol. The summed E-state index contributed by atoms with van der Waals surface area (Å²) in [6, 6.07) is 28.5. The molecule has 0 bridgehead atoms. The van der Waals surface area contributed by atoms with Crippen LogP contribution in [0.25, 0.3) is 27.8 Å². The zero-order chi connectivity index (χ0) is 26.3. The van der Waals surface area contributed by atoms with Crippen molar-refractivity contribution in [2.45, 2.75) is 12.1 Å². The highest BCUT2D eigenvalue weighted by Crippen LogP contribution is 2.29. The smallest absolute Gasteiger partial charge is 0.250 e. The minimum Gasteiger partial charge on any atom is -0.507 e. The van der Waals surface area contributed by atoms with Gasteiger partial charge in [-0.2, -0.15) is 5.10 Å². The highest BCUT2D eigenvalue weighted by Gasteiger charge is 2.17. The van der Waals surface area contributed by atoms with Gasteiger partial charge >= 0.3 is 0 Å². The molecule has 0 fully saturated rings. The average Bonchev–Trinajstić information content (AvgIpc) is 3.38. The number of hydrogen-bond acceptors (Lipinski definition) is 7. The zero-order valence-corrected chi connectivity index (χ0v) is 21.4. The number of benzene rings is 4. The second kappa shape index (κ2) is 11.6. The van der Waals surface area contributed by atoms with Crippen molar-refractivity contribution in [3.05, 3.63) is 96.6 Å². The first-order valence-corrected chi connectivity index (χ1v) is 13.0. The van der Waals surface area contributed by atoms with Crippen molar-refractivity contribution in [1.29, 1.82) is 0 Å². The lowest BCUT2D eigenvalue weighted by Gasteiger charge is -2.11. The summed E-state index contributed by atoms with van der Waals surface area (Å²) >= 11 is 1.25. The number of fused-ring (bicyclic) bond motifs is 1. The number of carbonyl (C=O) groups is 1. The summed E-state index contributed by atoms with van der Waals surface area (Å²) in [4.78, 5) is 12.6. The van der Waals surface area contributed by atoms with Crippen LogP contribution in [0.4, 0.5) is 0 Å². The molecule has 0 unspecified atom stereocenters. The maximum Gasteiger partial charge on any atom is 0.250 e. The van der Waals surface area contributed by atoms with Crippen LogP contribution in [0.3, 0.4) is 0 Å². The number of hydrogen-bond donors (Lipinski definition) is 2. The highest BCUT2D eigenvalue weighted by atomic mass is 32.2. The Balaban J connectivity index is 1.33. The molecule has 1 heterocycles. The molecule has 1 aromatic heterocycles. The number of amides is 1. The first kappa shape index (κ1) is 25.0. The number of aromatic hydroxyl groups is 1. The number of phenolic OH excluding ortho intramolecular Hbond substituents is 1. The van der Waals surface area contributed by atoms with Crippen molar-refractivity contribution in [3.8, 4) is 28.6 Å². The molecule has 190 valence electrons. The summed E-state index contributed by atoms with van der Waals surface area (Å²) in [5.41, 5.74) is 4.84. The van der Waals surface area contributed by atoms with E-state index in [2.05, 4.69) is 20.7 Å². The SMILES string of the molecule is CCOc1ccc(-n2c(SCC(=O)NN=Cc3c(O)ccc4ccccc34)nnc2-c2ccccc2)cc1. The fourth-order valence-corrected chi connectivity index (χ4v) is 4.72. The van der Waals surface area contributed by atoms with Crippen LogP contribution in [0, 0.1) is 0 Å². The number of nitrogens with one attached hydrogen (secondary N) is 1. The quantitative estimate of drug-likeness (QED) is 0.152. The van der Waals surface area contributed by atoms with Gasteiger partial charge in [-0.1, -0.05) is 72.4 Å². The van der Waals surface area contributed by atoms with Gasteiger partial charge in [0.25, 0.3) is 5.91 Å². The molecule has 0 saturated heterocycles. The number of nitrogens with zero attached hydrogens (tertiary/aromatic N) is 4. The van der Waals surface area contributed by atoms with Gasteiger partial charge in [-0.25, -0.2) is 5.43 Å². The van der Waals surface area contributed by atoms with Crippen molar-refractivity contribution in [2.75, 3.05) is 12.4 Å². The zero-order valence-electron chi connectivity index (χ0n) is 20.6. The van der Waals surface area contributed by atoms with Gasteiger partial charge in [0.15, 0.2) is 11.0 Å². The number of thioether (sulfide) groups is 1. The molecule has 38 heavy (non-hydrogen) atoms. The number of aromatic nitrogens is 3. The van der Waals surface area contributed by atoms with E-state index in [1.54, 1.807) is 6.07 Å². The van der Waals surface area contributed by atoms with Gasteiger partial charge in [-0.3, -0.25) is 9.36 Å². The summed E-state index contributed by atoms with van der Waals surface area (Å²) in [5, 5.41) is 25.5. The fraction of sp³-hybridized carbons (Fsp3) is 0.103. The van der Waals surface area contributed by atoms with Crippen molar-refractivity contribution in [2.24, 2.45) is 5.10 Å². The lowest BCUT2D eigenvalue weighted by Crippen LogP contribution is -2.20. The van der Waals surface area contributed by atoms with Crippen LogP contribution < -0.4 is 10.2 Å². The Hall–Kier alpha value is -4.63. The molecule has 4 aromatic carbocycles. The van der Waals surface area contributed by atoms with Crippen molar-refractivity contribution in [1.82, 2.24) is 20.2 Å². The van der Waals surface area contributed by atoms with Crippen molar-refractivity contribution >= 4 is 34.7 Å². The predicted octanol–water partition coefficient (Wildman–Crippen LogP) is 5.43. The van der Waals surface area contributed by atoms with Gasteiger partial charge in [0, 0.05) is 16.8 Å². The standard InChI is InChI=1S/C29H25N5O3S/c1-2-37-23-15-13-22(14-16-23)34-28(21-9-4-3-5-10-21)32-33-29(34)38-19-27(36)31-30-18-25-24-11-7-6-8-20(24)12-17-26(25)35/h3-18,35H,2,19H2,1H3,(H,31,36). The molecule has 0 aliphatic heterocycles. The maximum absolute atomic E-state index is 12.6. The molecule has 1 amide bonds. The van der Waals surface area contributed by atoms with E-state index in [0.29, 0.717) is 23.2 Å². The Labute approximate surface area is 224 Å². The van der Waals surface area contributed by atoms with Crippen LogP contribution in [0.15, 0.2) is 101 Å². The molecule has 2 N–H and O–H groups in total. The van der Waals surface area contributed by atoms with E-state index in [1.165, 1.54) is 18.0 Å². The lowest BCUT2D eigenvalue weighted by molar-refractivity contribution is -0.118. The largest absolute Gasteiger partial charge is 0.507 e. The van der Waals surface area contributed by atoms with Gasteiger partial charge < -0.3 is 9.84 Å². The molecule has 0 radical (unpaired) electrons. The molecule has 8 nitrogen and oxygen atoms in total. The van der Waals surface area contributed by atoms with Crippen LogP contribution in [0.1, 0.15) is 12.5 Å². The molecule has 9 heteroatoms. The molecule has 0 aliphatic carbocycles. The first-order chi connectivity index (χ1) is 18.6. The van der Waals surface area contributed by atoms with Crippen LogP contribution in [-0.4, -0.2) is 44.4 Å². The molecule has 0 spiro atoms. The molecular formula is C29H25N5O3S. The van der Waals surface area contributed by atoms with E-state index < -0.39 is 0 Å². The van der Waals surface area contributed by atoms with E-state index in [1.807, 2.05) is 96.4 Å². The van der Waals surface area contributed by atoms with E-state index >= 15 is 0 Å². The number of ether oxygens (including phenoxy) is 1. The fourth-order valence-electron chi connectivity index (χ4n) is 3.98. The minimum absolute atomic E-state index is 0.0722. The average molecular weight is 524 g/mol. The van der Waals surface area contributed by atoms with Crippen LogP contribution in [0.5, 0.6) is 11.5 Å². The van der Waals surface area contributed by atoms with Crippen LogP contribution >= 0.6 is 11.8 Å². The number of carbonyl (C=O) groups excluding carboxylic acids is 1. The van der Waals surface area contributed by atoms with Gasteiger partial charge in [0.2, 0.25) is 0 Å². The highest BCUT2D eigenvalue weighted by molar-refractivity contribution is 7.99. The molecule has 5 rings (SSSR count). The monoisotopic (exact) mass is 523 g/mol. The second-order valence-corrected chi connectivity index (χ2v) is 9.18. The third-order valence-electron chi connectivity index (χ3n) is 5.73. The van der Waals surface area contributed by atoms with Crippen molar-refractivity contribution < 1.29 is 14.6 Å². The summed E-state index contributed by atoms with van der Waals surface area (Å²) in [6.07, 6.45) is 1.45. The van der Waals surface area contributed by atoms with Crippen LogP contribution in [0.2, 0.25) is 0 Å². The van der Waals surface area contributed by atoms with E-state index in [-0.39, 0.29) is 17.4 Å². The predicted molar refractivity (Wildman–Crippen MR) is 150 cm³/mol. The molecule has 0 aliphatic rings. The summed E-state index contributed by atoms with van der Waals surface area (Å²) in [5.74, 6) is 1.29. The summed E-state index contributed by atoms with van der Waals surface area (Å²) in [7, 11) is 0. The molecule has 0 saturated carbocycles. The third kappa shape index (κ3) is 5.52. The Morgan fingerprint density at radius 1 is 1.00 bits per heavy atom. The first-order valence-electron chi connectivity index (χ1n) is 12.0. The van der Waals surface area contributed by atoms with E-state index in [4.69, 9.17) is 4.74 Å². The molecule has 5 aromatic rings. The number of phenols is 1. The van der Waals surface area contributed by atoms with Gasteiger partial charge in [0.1, 0.15) is 11.5 Å². The van der Waals surface area contributed by atoms with Gasteiger partial charge in [-0.05, 0) is 48.0 Å². The third-order valence-corrected chi connectivity index (χ3v) is 6.66. The Morgan fingerprint density at radius 3 is 2.55 bits per heavy atom. The minimum atomic E-state index is -0.312. The van der Waals surface area contributed by atoms with Crippen molar-refractivity contribution in [3.63, 3.8) is 0 Å². The Kier molecular flexibility index (Phi) is 7.65. The lowest BCUT2D eigenvalue weighted by atomic mass is 10.0. The van der Waals surface area contributed by atoms with Crippen LogP contribution in [-0.2, 0) is 4.79 Å². The second-order valence-electron chi connectivity index (χ2n) is 8.24. The number of rotatable bonds is 9. The summed E-state index contributed by atoms with van der Waals surface area (Å²) < 4.78 is 7.49. The Morgan fingerprint density at radius 2 is 1.76 bits per heavy atom. The number of hydrazone groups is 1. The molecule has 0 atom stereocenters. The topological polar surface area (TPSA) is 102 Å². The normalized spacial score (nSPS) is 11.2. The van der Waals surface area contributed by atoms with E-state index in [0.717, 1.165) is 27.8 Å². The van der Waals surface area contributed by atoms with E-state index in [9.17, 15) is 9.90 Å². The maximum atomic E-state index is 12.6.